The highest BCUT2D eigenvalue weighted by molar-refractivity contribution is 5.63. The Balaban J connectivity index is 1.97. The molecule has 1 aliphatic carbocycles. The predicted molar refractivity (Wildman–Crippen MR) is 74.4 cm³/mol. The summed E-state index contributed by atoms with van der Waals surface area (Å²) < 4.78 is 0. The summed E-state index contributed by atoms with van der Waals surface area (Å²) in [4.78, 5) is 4.11. The zero-order valence-electron chi connectivity index (χ0n) is 11.2. The lowest BCUT2D eigenvalue weighted by Crippen LogP contribution is -2.40. The zero-order valence-corrected chi connectivity index (χ0v) is 11.2. The van der Waals surface area contributed by atoms with Crippen molar-refractivity contribution in [3.8, 4) is 6.07 Å². The molecule has 1 aliphatic rings. The number of nitrogen functional groups attached to an aromatic ring is 1. The van der Waals surface area contributed by atoms with Crippen molar-refractivity contribution in [1.29, 1.82) is 5.26 Å². The van der Waals surface area contributed by atoms with E-state index in [9.17, 15) is 5.11 Å². The van der Waals surface area contributed by atoms with Crippen LogP contribution in [0.1, 0.15) is 38.2 Å². The maximum absolute atomic E-state index is 10.5. The fraction of sp³-hybridized carbons (Fsp3) is 0.571. The second-order valence-electron chi connectivity index (χ2n) is 5.53. The highest BCUT2D eigenvalue weighted by atomic mass is 16.3. The van der Waals surface area contributed by atoms with E-state index in [0.717, 1.165) is 25.7 Å². The minimum Gasteiger partial charge on any atom is -0.396 e. The van der Waals surface area contributed by atoms with Gasteiger partial charge in [0, 0.05) is 12.7 Å². The first kappa shape index (κ1) is 13.6. The molecule has 2 rings (SSSR count). The smallest absolute Gasteiger partial charge is 0.149 e. The minimum atomic E-state index is -0.672. The Labute approximate surface area is 113 Å². The average Bonchev–Trinajstić information content (AvgIpc) is 2.41. The van der Waals surface area contributed by atoms with Crippen molar-refractivity contribution in [3.63, 3.8) is 0 Å². The van der Waals surface area contributed by atoms with Crippen LogP contribution in [0.4, 0.5) is 11.5 Å². The third-order valence-corrected chi connectivity index (χ3v) is 3.84. The number of hydrogen-bond donors (Lipinski definition) is 3. The van der Waals surface area contributed by atoms with Crippen molar-refractivity contribution in [2.75, 3.05) is 17.6 Å². The van der Waals surface area contributed by atoms with Gasteiger partial charge in [0.1, 0.15) is 11.9 Å². The number of aliphatic hydroxyl groups is 1. The molecule has 19 heavy (non-hydrogen) atoms. The zero-order chi connectivity index (χ0) is 13.9. The van der Waals surface area contributed by atoms with Crippen LogP contribution in [0.2, 0.25) is 0 Å². The summed E-state index contributed by atoms with van der Waals surface area (Å²) in [6.45, 7) is 2.66. The lowest BCUT2D eigenvalue weighted by molar-refractivity contribution is 0.00496. The predicted octanol–water partition coefficient (Wildman–Crippen LogP) is 1.89. The Hall–Kier alpha value is -1.80. The lowest BCUT2D eigenvalue weighted by atomic mass is 9.79. The van der Waals surface area contributed by atoms with E-state index in [1.165, 1.54) is 6.20 Å². The third kappa shape index (κ3) is 3.36. The number of pyridine rings is 1. The summed E-state index contributed by atoms with van der Waals surface area (Å²) in [6, 6.07) is 3.58. The number of rotatable bonds is 3. The largest absolute Gasteiger partial charge is 0.396 e. The van der Waals surface area contributed by atoms with E-state index in [1.54, 1.807) is 6.07 Å². The molecule has 5 heteroatoms. The van der Waals surface area contributed by atoms with Gasteiger partial charge in [-0.1, -0.05) is 6.92 Å². The fourth-order valence-corrected chi connectivity index (χ4v) is 2.42. The van der Waals surface area contributed by atoms with Crippen LogP contribution in [0.5, 0.6) is 0 Å². The van der Waals surface area contributed by atoms with Gasteiger partial charge in [-0.05, 0) is 37.7 Å². The number of nitriles is 1. The molecule has 0 unspecified atom stereocenters. The molecule has 1 saturated carbocycles. The van der Waals surface area contributed by atoms with Crippen molar-refractivity contribution >= 4 is 11.5 Å². The van der Waals surface area contributed by atoms with Crippen molar-refractivity contribution in [2.45, 2.75) is 38.2 Å². The van der Waals surface area contributed by atoms with E-state index >= 15 is 0 Å². The van der Waals surface area contributed by atoms with Crippen LogP contribution in [-0.4, -0.2) is 22.2 Å². The Morgan fingerprint density at radius 1 is 1.58 bits per heavy atom. The summed E-state index contributed by atoms with van der Waals surface area (Å²) in [5, 5.41) is 22.3. The van der Waals surface area contributed by atoms with E-state index < -0.39 is 5.60 Å². The molecule has 1 heterocycles. The quantitative estimate of drug-likeness (QED) is 0.771. The van der Waals surface area contributed by atoms with Gasteiger partial charge in [-0.25, -0.2) is 4.98 Å². The standard InChI is InChI=1S/C14H20N4O/c1-10-2-4-14(19,5-3-10)9-18-13-12(16)6-11(7-15)8-17-13/h6,8,10,19H,2-5,9,16H2,1H3,(H,17,18). The molecule has 102 valence electrons. The number of nitrogens with two attached hydrogens (primary N) is 1. The molecule has 0 radical (unpaired) electrons. The van der Waals surface area contributed by atoms with Crippen molar-refractivity contribution < 1.29 is 5.11 Å². The summed E-state index contributed by atoms with van der Waals surface area (Å²) in [6.07, 6.45) is 5.18. The molecule has 0 atom stereocenters. The van der Waals surface area contributed by atoms with E-state index in [0.29, 0.717) is 29.5 Å². The van der Waals surface area contributed by atoms with Gasteiger partial charge in [0.25, 0.3) is 0 Å². The second-order valence-corrected chi connectivity index (χ2v) is 5.53. The second kappa shape index (κ2) is 5.45. The maximum Gasteiger partial charge on any atom is 0.149 e. The van der Waals surface area contributed by atoms with Crippen LogP contribution in [0.25, 0.3) is 0 Å². The molecular formula is C14H20N4O. The van der Waals surface area contributed by atoms with Crippen LogP contribution < -0.4 is 11.1 Å². The summed E-state index contributed by atoms with van der Waals surface area (Å²) >= 11 is 0. The topological polar surface area (TPSA) is 95.0 Å². The first-order valence-corrected chi connectivity index (χ1v) is 6.64. The Morgan fingerprint density at radius 3 is 2.84 bits per heavy atom. The first-order valence-electron chi connectivity index (χ1n) is 6.64. The number of hydrogen-bond acceptors (Lipinski definition) is 5. The molecule has 0 saturated heterocycles. The molecule has 0 bridgehead atoms. The third-order valence-electron chi connectivity index (χ3n) is 3.84. The SMILES string of the molecule is CC1CCC(O)(CNc2ncc(C#N)cc2N)CC1. The lowest BCUT2D eigenvalue weighted by Gasteiger charge is -2.35. The van der Waals surface area contributed by atoms with Gasteiger partial charge in [-0.15, -0.1) is 0 Å². The first-order chi connectivity index (χ1) is 9.02. The molecule has 5 nitrogen and oxygen atoms in total. The highest BCUT2D eigenvalue weighted by Crippen LogP contribution is 2.32. The van der Waals surface area contributed by atoms with Crippen LogP contribution in [0.3, 0.4) is 0 Å². The van der Waals surface area contributed by atoms with Crippen LogP contribution in [0.15, 0.2) is 12.3 Å². The minimum absolute atomic E-state index is 0.437. The molecule has 0 amide bonds. The van der Waals surface area contributed by atoms with Crippen LogP contribution >= 0.6 is 0 Å². The Morgan fingerprint density at radius 2 is 2.26 bits per heavy atom. The molecule has 0 aliphatic heterocycles. The number of aromatic nitrogens is 1. The van der Waals surface area contributed by atoms with E-state index in [2.05, 4.69) is 17.2 Å². The van der Waals surface area contributed by atoms with E-state index in [1.807, 2.05) is 6.07 Å². The Bertz CT molecular complexity index is 487. The average molecular weight is 260 g/mol. The summed E-state index contributed by atoms with van der Waals surface area (Å²) in [5.41, 5.74) is 6.02. The number of nitrogens with zero attached hydrogens (tertiary/aromatic N) is 2. The maximum atomic E-state index is 10.5. The number of anilines is 2. The van der Waals surface area contributed by atoms with Crippen LogP contribution in [0, 0.1) is 17.2 Å². The molecule has 4 N–H and O–H groups in total. The van der Waals surface area contributed by atoms with Crippen molar-refractivity contribution in [2.24, 2.45) is 5.92 Å². The fourth-order valence-electron chi connectivity index (χ4n) is 2.42. The molecule has 0 aromatic carbocycles. The molecule has 1 aromatic rings. The molecule has 0 spiro atoms. The Kier molecular flexibility index (Phi) is 3.91. The highest BCUT2D eigenvalue weighted by Gasteiger charge is 2.31. The normalized spacial score (nSPS) is 26.7. The number of nitrogens with one attached hydrogen (secondary N) is 1. The van der Waals surface area contributed by atoms with Crippen molar-refractivity contribution in [3.05, 3.63) is 17.8 Å². The van der Waals surface area contributed by atoms with Gasteiger partial charge in [0.15, 0.2) is 0 Å². The summed E-state index contributed by atoms with van der Waals surface area (Å²) in [7, 11) is 0. The van der Waals surface area contributed by atoms with Gasteiger partial charge >= 0.3 is 0 Å². The monoisotopic (exact) mass is 260 g/mol. The van der Waals surface area contributed by atoms with Crippen molar-refractivity contribution in [1.82, 2.24) is 4.98 Å². The van der Waals surface area contributed by atoms with Gasteiger partial charge < -0.3 is 16.2 Å². The molecule has 1 fully saturated rings. The van der Waals surface area contributed by atoms with Gasteiger partial charge in [0.05, 0.1) is 16.9 Å². The molecular weight excluding hydrogens is 240 g/mol. The van der Waals surface area contributed by atoms with E-state index in [4.69, 9.17) is 11.0 Å². The molecule has 1 aromatic heterocycles. The van der Waals surface area contributed by atoms with Gasteiger partial charge in [-0.3, -0.25) is 0 Å². The van der Waals surface area contributed by atoms with E-state index in [-0.39, 0.29) is 0 Å². The van der Waals surface area contributed by atoms with Crippen LogP contribution in [-0.2, 0) is 0 Å². The van der Waals surface area contributed by atoms with Gasteiger partial charge in [0.2, 0.25) is 0 Å². The summed E-state index contributed by atoms with van der Waals surface area (Å²) in [5.74, 6) is 1.23. The van der Waals surface area contributed by atoms with Gasteiger partial charge in [-0.2, -0.15) is 5.26 Å².